The van der Waals surface area contributed by atoms with Crippen LogP contribution in [0.3, 0.4) is 0 Å². The van der Waals surface area contributed by atoms with Gasteiger partial charge in [-0.1, -0.05) is 48.5 Å². The number of ketones is 1. The van der Waals surface area contributed by atoms with Crippen LogP contribution in [0.1, 0.15) is 38.5 Å². The van der Waals surface area contributed by atoms with Crippen LogP contribution in [0.4, 0.5) is 0 Å². The maximum atomic E-state index is 13.6. The van der Waals surface area contributed by atoms with E-state index in [9.17, 15) is 9.90 Å². The SMILES string of the molecule is COc1cc(OC)c2c(c1)O[C@@]1(O)c3ccccc3C(=O)[C@H]1[C@@H]2c1ccccc1C. The van der Waals surface area contributed by atoms with Gasteiger partial charge < -0.3 is 19.3 Å². The first-order chi connectivity index (χ1) is 14.5. The zero-order valence-corrected chi connectivity index (χ0v) is 17.0. The summed E-state index contributed by atoms with van der Waals surface area (Å²) >= 11 is 0. The first kappa shape index (κ1) is 18.7. The molecule has 3 aromatic rings. The Balaban J connectivity index is 1.85. The highest BCUT2D eigenvalue weighted by molar-refractivity contribution is 6.04. The lowest BCUT2D eigenvalue weighted by atomic mass is 9.72. The summed E-state index contributed by atoms with van der Waals surface area (Å²) in [7, 11) is 3.14. The summed E-state index contributed by atoms with van der Waals surface area (Å²) in [6.45, 7) is 2.01. The van der Waals surface area contributed by atoms with Crippen LogP contribution in [-0.2, 0) is 5.79 Å². The monoisotopic (exact) mass is 402 g/mol. The lowest BCUT2D eigenvalue weighted by molar-refractivity contribution is -0.181. The largest absolute Gasteiger partial charge is 0.496 e. The number of hydrogen-bond acceptors (Lipinski definition) is 5. The van der Waals surface area contributed by atoms with Crippen molar-refractivity contribution in [1.82, 2.24) is 0 Å². The highest BCUT2D eigenvalue weighted by Gasteiger charge is 2.61. The highest BCUT2D eigenvalue weighted by atomic mass is 16.6. The number of ether oxygens (including phenoxy) is 3. The Hall–Kier alpha value is -3.31. The molecule has 5 heteroatoms. The second kappa shape index (κ2) is 6.61. The molecule has 5 nitrogen and oxygen atoms in total. The fourth-order valence-electron chi connectivity index (χ4n) is 4.88. The summed E-state index contributed by atoms with van der Waals surface area (Å²) < 4.78 is 17.3. The Morgan fingerprint density at radius 3 is 2.47 bits per heavy atom. The minimum Gasteiger partial charge on any atom is -0.496 e. The second-order valence-electron chi connectivity index (χ2n) is 7.76. The van der Waals surface area contributed by atoms with E-state index in [0.717, 1.165) is 16.7 Å². The molecule has 0 saturated carbocycles. The van der Waals surface area contributed by atoms with Gasteiger partial charge in [-0.2, -0.15) is 0 Å². The first-order valence-corrected chi connectivity index (χ1v) is 9.86. The van der Waals surface area contributed by atoms with Crippen molar-refractivity contribution in [2.45, 2.75) is 18.6 Å². The number of methoxy groups -OCH3 is 2. The maximum absolute atomic E-state index is 13.6. The molecule has 0 amide bonds. The number of carbonyl (C=O) groups excluding carboxylic acids is 1. The Kier molecular flexibility index (Phi) is 4.12. The van der Waals surface area contributed by atoms with Crippen LogP contribution in [0.25, 0.3) is 0 Å². The molecule has 3 aromatic carbocycles. The van der Waals surface area contributed by atoms with Crippen molar-refractivity contribution in [2.24, 2.45) is 5.92 Å². The fraction of sp³-hybridized carbons (Fsp3) is 0.240. The molecule has 1 aliphatic carbocycles. The molecule has 3 atom stereocenters. The van der Waals surface area contributed by atoms with Crippen LogP contribution < -0.4 is 14.2 Å². The van der Waals surface area contributed by atoms with E-state index in [1.165, 1.54) is 0 Å². The van der Waals surface area contributed by atoms with Crippen molar-refractivity contribution in [1.29, 1.82) is 0 Å². The predicted molar refractivity (Wildman–Crippen MR) is 111 cm³/mol. The Morgan fingerprint density at radius 1 is 1.00 bits per heavy atom. The minimum atomic E-state index is -1.77. The summed E-state index contributed by atoms with van der Waals surface area (Å²) in [5.74, 6) is -1.62. The molecule has 0 saturated heterocycles. The zero-order chi connectivity index (χ0) is 21.0. The van der Waals surface area contributed by atoms with Gasteiger partial charge in [0.1, 0.15) is 23.2 Å². The number of hydrogen-bond donors (Lipinski definition) is 1. The van der Waals surface area contributed by atoms with E-state index in [2.05, 4.69) is 0 Å². The molecule has 0 fully saturated rings. The van der Waals surface area contributed by atoms with Crippen LogP contribution >= 0.6 is 0 Å². The smallest absolute Gasteiger partial charge is 0.246 e. The predicted octanol–water partition coefficient (Wildman–Crippen LogP) is 4.19. The zero-order valence-electron chi connectivity index (χ0n) is 17.0. The van der Waals surface area contributed by atoms with Gasteiger partial charge in [0, 0.05) is 34.7 Å². The molecular formula is C25H22O5. The summed E-state index contributed by atoms with van der Waals surface area (Å²) in [5.41, 5.74) is 3.70. The summed E-state index contributed by atoms with van der Waals surface area (Å²) in [6, 6.07) is 18.5. The third kappa shape index (κ3) is 2.42. The Morgan fingerprint density at radius 2 is 1.73 bits per heavy atom. The molecule has 1 heterocycles. The van der Waals surface area contributed by atoms with Crippen molar-refractivity contribution in [3.63, 3.8) is 0 Å². The third-order valence-electron chi connectivity index (χ3n) is 6.25. The Bertz CT molecular complexity index is 1170. The quantitative estimate of drug-likeness (QED) is 0.712. The number of carbonyl (C=O) groups is 1. The number of fused-ring (bicyclic) bond motifs is 4. The average molecular weight is 402 g/mol. The van der Waals surface area contributed by atoms with Gasteiger partial charge in [0.25, 0.3) is 0 Å². The summed E-state index contributed by atoms with van der Waals surface area (Å²) in [5, 5.41) is 11.8. The Labute approximate surface area is 174 Å². The molecule has 0 radical (unpaired) electrons. The lowest BCUT2D eigenvalue weighted by Crippen LogP contribution is -2.46. The van der Waals surface area contributed by atoms with Crippen LogP contribution in [0.5, 0.6) is 17.2 Å². The summed E-state index contributed by atoms with van der Waals surface area (Å²) in [6.07, 6.45) is 0. The molecule has 0 unspecified atom stereocenters. The van der Waals surface area contributed by atoms with Crippen molar-refractivity contribution in [3.8, 4) is 17.2 Å². The molecule has 0 aromatic heterocycles. The summed E-state index contributed by atoms with van der Waals surface area (Å²) in [4.78, 5) is 13.6. The topological polar surface area (TPSA) is 65.0 Å². The number of aliphatic hydroxyl groups is 1. The molecule has 0 spiro atoms. The van der Waals surface area contributed by atoms with E-state index in [4.69, 9.17) is 14.2 Å². The lowest BCUT2D eigenvalue weighted by Gasteiger charge is -2.42. The van der Waals surface area contributed by atoms with Gasteiger partial charge in [0.05, 0.1) is 14.2 Å². The van der Waals surface area contributed by atoms with Gasteiger partial charge >= 0.3 is 0 Å². The van der Waals surface area contributed by atoms with Crippen LogP contribution in [-0.4, -0.2) is 25.1 Å². The molecular weight excluding hydrogens is 380 g/mol. The standard InChI is InChI=1S/C25H22O5/c1-14-8-4-5-9-16(14)21-22-19(29-3)12-15(28-2)13-20(22)30-25(27)18-11-7-6-10-17(18)24(26)23(21)25/h4-13,21,23,27H,1-3H3/t21-,23-,25+/m1/s1. The molecule has 152 valence electrons. The number of aryl methyl sites for hydroxylation is 1. The van der Waals surface area contributed by atoms with E-state index in [-0.39, 0.29) is 5.78 Å². The van der Waals surface area contributed by atoms with E-state index in [0.29, 0.717) is 28.4 Å². The van der Waals surface area contributed by atoms with Crippen LogP contribution in [0, 0.1) is 12.8 Å². The number of rotatable bonds is 3. The third-order valence-corrected chi connectivity index (χ3v) is 6.25. The van der Waals surface area contributed by atoms with E-state index in [1.54, 1.807) is 50.6 Å². The number of Topliss-reactive ketones (excluding diaryl/α,β-unsaturated/α-hetero) is 1. The fourth-order valence-corrected chi connectivity index (χ4v) is 4.88. The first-order valence-electron chi connectivity index (χ1n) is 9.86. The molecule has 1 N–H and O–H groups in total. The van der Waals surface area contributed by atoms with Gasteiger partial charge in [-0.05, 0) is 18.1 Å². The van der Waals surface area contributed by atoms with Gasteiger partial charge in [0.15, 0.2) is 5.78 Å². The molecule has 30 heavy (non-hydrogen) atoms. The van der Waals surface area contributed by atoms with E-state index < -0.39 is 17.6 Å². The second-order valence-corrected chi connectivity index (χ2v) is 7.76. The van der Waals surface area contributed by atoms with Crippen molar-refractivity contribution in [3.05, 3.63) is 88.5 Å². The van der Waals surface area contributed by atoms with Gasteiger partial charge in [-0.15, -0.1) is 0 Å². The van der Waals surface area contributed by atoms with Gasteiger partial charge in [-0.25, -0.2) is 0 Å². The van der Waals surface area contributed by atoms with E-state index >= 15 is 0 Å². The molecule has 0 bridgehead atoms. The van der Waals surface area contributed by atoms with E-state index in [1.807, 2.05) is 31.2 Å². The normalized spacial score (nSPS) is 23.8. The van der Waals surface area contributed by atoms with Gasteiger partial charge in [-0.3, -0.25) is 4.79 Å². The maximum Gasteiger partial charge on any atom is 0.246 e. The van der Waals surface area contributed by atoms with Crippen LogP contribution in [0.2, 0.25) is 0 Å². The minimum absolute atomic E-state index is 0.134. The van der Waals surface area contributed by atoms with Crippen molar-refractivity contribution < 1.29 is 24.1 Å². The average Bonchev–Trinajstić information content (AvgIpc) is 2.99. The number of benzene rings is 3. The molecule has 2 aliphatic rings. The molecule has 5 rings (SSSR count). The van der Waals surface area contributed by atoms with Gasteiger partial charge in [0.2, 0.25) is 5.79 Å². The molecule has 1 aliphatic heterocycles. The van der Waals surface area contributed by atoms with Crippen LogP contribution in [0.15, 0.2) is 60.7 Å². The highest BCUT2D eigenvalue weighted by Crippen LogP contribution is 2.59. The van der Waals surface area contributed by atoms with Crippen molar-refractivity contribution >= 4 is 5.78 Å². The van der Waals surface area contributed by atoms with Crippen molar-refractivity contribution in [2.75, 3.05) is 14.2 Å².